The minimum Gasteiger partial charge on any atom is -0.441 e. The summed E-state index contributed by atoms with van der Waals surface area (Å²) in [5, 5.41) is 4.72. The number of halogens is 1. The van der Waals surface area contributed by atoms with E-state index in [0.29, 0.717) is 29.5 Å². The third kappa shape index (κ3) is 4.67. The van der Waals surface area contributed by atoms with Crippen molar-refractivity contribution in [2.24, 2.45) is 0 Å². The molecule has 0 radical (unpaired) electrons. The minimum atomic E-state index is -0.0689. The van der Waals surface area contributed by atoms with Crippen molar-refractivity contribution in [3.63, 3.8) is 0 Å². The minimum absolute atomic E-state index is 0.0188. The predicted octanol–water partition coefficient (Wildman–Crippen LogP) is 4.73. The maximum absolute atomic E-state index is 12.7. The summed E-state index contributed by atoms with van der Waals surface area (Å²) in [6.07, 6.45) is 5.51. The molecule has 1 atom stereocenters. The molecule has 158 valence electrons. The van der Waals surface area contributed by atoms with Gasteiger partial charge < -0.3 is 9.32 Å². The van der Waals surface area contributed by atoms with Gasteiger partial charge in [0.25, 0.3) is 0 Å². The Labute approximate surface area is 185 Å². The van der Waals surface area contributed by atoms with Crippen LogP contribution in [0.4, 0.5) is 0 Å². The Balaban J connectivity index is 1.36. The fourth-order valence-corrected chi connectivity index (χ4v) is 3.52. The number of hydrogen-bond acceptors (Lipinski definition) is 5. The number of carbonyl (C=O) groups is 1. The second-order valence-corrected chi connectivity index (χ2v) is 7.62. The number of aromatic nitrogens is 4. The van der Waals surface area contributed by atoms with Crippen LogP contribution < -0.4 is 0 Å². The molecule has 2 aromatic carbocycles. The zero-order valence-electron chi connectivity index (χ0n) is 17.3. The molecule has 0 aliphatic rings. The molecule has 4 aromatic rings. The maximum Gasteiger partial charge on any atom is 0.223 e. The van der Waals surface area contributed by atoms with Crippen LogP contribution in [-0.4, -0.2) is 37.6 Å². The highest BCUT2D eigenvalue weighted by Gasteiger charge is 2.19. The zero-order valence-corrected chi connectivity index (χ0v) is 18.0. The summed E-state index contributed by atoms with van der Waals surface area (Å²) in [4.78, 5) is 22.7. The van der Waals surface area contributed by atoms with Crippen molar-refractivity contribution in [2.45, 2.75) is 25.8 Å². The second-order valence-electron chi connectivity index (χ2n) is 7.21. The Morgan fingerprint density at radius 3 is 2.68 bits per heavy atom. The average molecular weight is 436 g/mol. The molecule has 0 bridgehead atoms. The average Bonchev–Trinajstić information content (AvgIpc) is 3.49. The molecule has 0 fully saturated rings. The van der Waals surface area contributed by atoms with Gasteiger partial charge in [0.15, 0.2) is 11.7 Å². The Morgan fingerprint density at radius 1 is 1.19 bits per heavy atom. The molecule has 0 spiro atoms. The van der Waals surface area contributed by atoms with E-state index in [-0.39, 0.29) is 11.9 Å². The highest BCUT2D eigenvalue weighted by Crippen LogP contribution is 2.28. The van der Waals surface area contributed by atoms with Crippen molar-refractivity contribution < 1.29 is 9.21 Å². The van der Waals surface area contributed by atoms with Gasteiger partial charge >= 0.3 is 0 Å². The molecule has 0 N–H and O–H groups in total. The van der Waals surface area contributed by atoms with Crippen molar-refractivity contribution in [1.82, 2.24) is 24.6 Å². The topological polar surface area (TPSA) is 77.1 Å². The van der Waals surface area contributed by atoms with E-state index in [1.54, 1.807) is 28.2 Å². The van der Waals surface area contributed by atoms with Gasteiger partial charge in [-0.1, -0.05) is 35.9 Å². The molecule has 2 aromatic heterocycles. The largest absolute Gasteiger partial charge is 0.441 e. The smallest absolute Gasteiger partial charge is 0.223 e. The molecule has 0 saturated carbocycles. The molecule has 0 saturated heterocycles. The normalized spacial score (nSPS) is 12.0. The third-order valence-corrected chi connectivity index (χ3v) is 5.61. The number of amides is 1. The molecule has 8 heteroatoms. The van der Waals surface area contributed by atoms with E-state index in [1.165, 1.54) is 6.33 Å². The number of hydrogen-bond donors (Lipinski definition) is 0. The SMILES string of the molecule is CC(c1ccc(-n2cncn2)cc1)N(C)C(=O)CCc1ncc(-c2ccccc2Cl)o1. The first-order valence-electron chi connectivity index (χ1n) is 9.93. The van der Waals surface area contributed by atoms with E-state index in [1.807, 2.05) is 56.4 Å². The van der Waals surface area contributed by atoms with E-state index in [4.69, 9.17) is 16.0 Å². The Morgan fingerprint density at radius 2 is 1.97 bits per heavy atom. The Bertz CT molecular complexity index is 1150. The van der Waals surface area contributed by atoms with Crippen LogP contribution in [0.2, 0.25) is 5.02 Å². The van der Waals surface area contributed by atoms with Crippen LogP contribution in [0.1, 0.15) is 30.8 Å². The first-order valence-corrected chi connectivity index (χ1v) is 10.3. The summed E-state index contributed by atoms with van der Waals surface area (Å²) >= 11 is 6.21. The first-order chi connectivity index (χ1) is 15.0. The summed E-state index contributed by atoms with van der Waals surface area (Å²) in [7, 11) is 1.81. The highest BCUT2D eigenvalue weighted by molar-refractivity contribution is 6.33. The lowest BCUT2D eigenvalue weighted by Gasteiger charge is -2.25. The zero-order chi connectivity index (χ0) is 21.8. The van der Waals surface area contributed by atoms with Gasteiger partial charge in [-0.25, -0.2) is 14.6 Å². The van der Waals surface area contributed by atoms with Gasteiger partial charge in [-0.3, -0.25) is 4.79 Å². The number of benzene rings is 2. The molecule has 31 heavy (non-hydrogen) atoms. The van der Waals surface area contributed by atoms with Crippen LogP contribution >= 0.6 is 11.6 Å². The molecule has 1 amide bonds. The van der Waals surface area contributed by atoms with Crippen LogP contribution in [0, 0.1) is 0 Å². The molecule has 2 heterocycles. The summed E-state index contributed by atoms with van der Waals surface area (Å²) in [6, 6.07) is 15.3. The Kier molecular flexibility index (Phi) is 6.13. The fourth-order valence-electron chi connectivity index (χ4n) is 3.29. The van der Waals surface area contributed by atoms with Crippen molar-refractivity contribution in [3.8, 4) is 17.0 Å². The lowest BCUT2D eigenvalue weighted by Crippen LogP contribution is -2.29. The number of nitrogens with zero attached hydrogens (tertiary/aromatic N) is 5. The maximum atomic E-state index is 12.7. The van der Waals surface area contributed by atoms with E-state index in [2.05, 4.69) is 15.1 Å². The number of rotatable bonds is 7. The fraction of sp³-hybridized carbons (Fsp3) is 0.217. The van der Waals surface area contributed by atoms with Gasteiger partial charge in [0, 0.05) is 25.5 Å². The highest BCUT2D eigenvalue weighted by atomic mass is 35.5. The molecule has 1 unspecified atom stereocenters. The molecule has 0 aliphatic heterocycles. The van der Waals surface area contributed by atoms with Gasteiger partial charge in [-0.2, -0.15) is 5.10 Å². The third-order valence-electron chi connectivity index (χ3n) is 5.28. The van der Waals surface area contributed by atoms with E-state index in [9.17, 15) is 4.79 Å². The van der Waals surface area contributed by atoms with Crippen LogP contribution in [-0.2, 0) is 11.2 Å². The first kappa shape index (κ1) is 20.8. The summed E-state index contributed by atoms with van der Waals surface area (Å²) in [5.41, 5.74) is 2.74. The van der Waals surface area contributed by atoms with Crippen LogP contribution in [0.15, 0.2) is 71.8 Å². The summed E-state index contributed by atoms with van der Waals surface area (Å²) in [6.45, 7) is 2.00. The molecule has 0 aliphatic carbocycles. The van der Waals surface area contributed by atoms with Crippen molar-refractivity contribution in [2.75, 3.05) is 7.05 Å². The molecule has 4 rings (SSSR count). The number of oxazole rings is 1. The van der Waals surface area contributed by atoms with Gasteiger partial charge in [-0.05, 0) is 36.8 Å². The van der Waals surface area contributed by atoms with Gasteiger partial charge in [0.1, 0.15) is 12.7 Å². The molecular formula is C23H22ClN5O2. The van der Waals surface area contributed by atoms with Crippen molar-refractivity contribution in [1.29, 1.82) is 0 Å². The van der Waals surface area contributed by atoms with Gasteiger partial charge in [-0.15, -0.1) is 0 Å². The second kappa shape index (κ2) is 9.14. The lowest BCUT2D eigenvalue weighted by molar-refractivity contribution is -0.131. The number of carbonyl (C=O) groups excluding carboxylic acids is 1. The van der Waals surface area contributed by atoms with Crippen LogP contribution in [0.25, 0.3) is 17.0 Å². The standard InChI is InChI=1S/C23H22ClN5O2/c1-16(17-7-9-18(10-8-17)29-15-25-14-27-29)28(2)23(30)12-11-22-26-13-21(31-22)19-5-3-4-6-20(19)24/h3-10,13-16H,11-12H2,1-2H3. The summed E-state index contributed by atoms with van der Waals surface area (Å²) in [5.74, 6) is 1.13. The summed E-state index contributed by atoms with van der Waals surface area (Å²) < 4.78 is 7.49. The van der Waals surface area contributed by atoms with Crippen molar-refractivity contribution >= 4 is 17.5 Å². The monoisotopic (exact) mass is 435 g/mol. The predicted molar refractivity (Wildman–Crippen MR) is 118 cm³/mol. The van der Waals surface area contributed by atoms with Crippen LogP contribution in [0.3, 0.4) is 0 Å². The van der Waals surface area contributed by atoms with E-state index >= 15 is 0 Å². The van der Waals surface area contributed by atoms with Crippen LogP contribution in [0.5, 0.6) is 0 Å². The molecule has 7 nitrogen and oxygen atoms in total. The van der Waals surface area contributed by atoms with Gasteiger partial charge in [0.05, 0.1) is 22.9 Å². The quantitative estimate of drug-likeness (QED) is 0.419. The van der Waals surface area contributed by atoms with Crippen molar-refractivity contribution in [3.05, 3.63) is 83.9 Å². The van der Waals surface area contributed by atoms with Gasteiger partial charge in [0.2, 0.25) is 5.91 Å². The molecular weight excluding hydrogens is 414 g/mol. The van der Waals surface area contributed by atoms with E-state index in [0.717, 1.165) is 16.8 Å². The Hall–Kier alpha value is -3.45. The lowest BCUT2D eigenvalue weighted by atomic mass is 10.1. The van der Waals surface area contributed by atoms with E-state index < -0.39 is 0 Å². The number of aryl methyl sites for hydroxylation is 1.